The van der Waals surface area contributed by atoms with Gasteiger partial charge in [-0.3, -0.25) is 0 Å². The van der Waals surface area contributed by atoms with Crippen molar-refractivity contribution in [2.75, 3.05) is 6.54 Å². The standard InChI is InChI=1S/C12H22N2OS/c1-4-12-14-8-11(16-12)7-13-6-10(15)5-9(2)3/h8-10,13,15H,4-7H2,1-3H3. The fourth-order valence-corrected chi connectivity index (χ4v) is 2.41. The molecular weight excluding hydrogens is 220 g/mol. The van der Waals surface area contributed by atoms with Crippen LogP contribution < -0.4 is 5.32 Å². The SMILES string of the molecule is CCc1ncc(CNCC(O)CC(C)C)s1. The molecule has 0 amide bonds. The molecule has 1 atom stereocenters. The molecule has 2 N–H and O–H groups in total. The Labute approximate surface area is 102 Å². The molecule has 0 aliphatic rings. The maximum Gasteiger partial charge on any atom is 0.0925 e. The highest BCUT2D eigenvalue weighted by Crippen LogP contribution is 2.12. The molecule has 0 spiro atoms. The molecule has 1 aromatic rings. The highest BCUT2D eigenvalue weighted by molar-refractivity contribution is 7.11. The van der Waals surface area contributed by atoms with E-state index in [1.54, 1.807) is 11.3 Å². The van der Waals surface area contributed by atoms with Crippen LogP contribution in [0.15, 0.2) is 6.20 Å². The Morgan fingerprint density at radius 1 is 1.50 bits per heavy atom. The number of hydrogen-bond donors (Lipinski definition) is 2. The number of nitrogens with zero attached hydrogens (tertiary/aromatic N) is 1. The fourth-order valence-electron chi connectivity index (χ4n) is 1.58. The van der Waals surface area contributed by atoms with Crippen LogP contribution in [0.1, 0.15) is 37.1 Å². The summed E-state index contributed by atoms with van der Waals surface area (Å²) in [4.78, 5) is 5.54. The molecule has 0 aromatic carbocycles. The molecule has 1 heterocycles. The molecule has 1 rings (SSSR count). The van der Waals surface area contributed by atoms with Crippen molar-refractivity contribution < 1.29 is 5.11 Å². The highest BCUT2D eigenvalue weighted by atomic mass is 32.1. The zero-order valence-corrected chi connectivity index (χ0v) is 11.2. The van der Waals surface area contributed by atoms with Crippen molar-refractivity contribution in [1.82, 2.24) is 10.3 Å². The number of hydrogen-bond acceptors (Lipinski definition) is 4. The summed E-state index contributed by atoms with van der Waals surface area (Å²) in [5.74, 6) is 0.548. The first-order valence-electron chi connectivity index (χ1n) is 5.94. The molecule has 92 valence electrons. The molecule has 0 bridgehead atoms. The molecular formula is C12H22N2OS. The molecule has 4 heteroatoms. The van der Waals surface area contributed by atoms with E-state index in [2.05, 4.69) is 31.1 Å². The van der Waals surface area contributed by atoms with Gasteiger partial charge in [-0.05, 0) is 18.8 Å². The Morgan fingerprint density at radius 3 is 2.81 bits per heavy atom. The van der Waals surface area contributed by atoms with E-state index in [-0.39, 0.29) is 6.10 Å². The molecule has 0 aliphatic carbocycles. The Hall–Kier alpha value is -0.450. The minimum absolute atomic E-state index is 0.237. The number of nitrogens with one attached hydrogen (secondary N) is 1. The maximum absolute atomic E-state index is 9.67. The van der Waals surface area contributed by atoms with E-state index in [1.165, 1.54) is 9.88 Å². The topological polar surface area (TPSA) is 45.2 Å². The van der Waals surface area contributed by atoms with Crippen LogP contribution >= 0.6 is 11.3 Å². The molecule has 0 radical (unpaired) electrons. The predicted molar refractivity (Wildman–Crippen MR) is 68.7 cm³/mol. The monoisotopic (exact) mass is 242 g/mol. The van der Waals surface area contributed by atoms with E-state index in [9.17, 15) is 5.11 Å². The van der Waals surface area contributed by atoms with E-state index < -0.39 is 0 Å². The summed E-state index contributed by atoms with van der Waals surface area (Å²) in [6, 6.07) is 0. The molecule has 16 heavy (non-hydrogen) atoms. The van der Waals surface area contributed by atoms with Crippen LogP contribution in [0.5, 0.6) is 0 Å². The second-order valence-corrected chi connectivity index (χ2v) is 5.69. The smallest absolute Gasteiger partial charge is 0.0925 e. The van der Waals surface area contributed by atoms with E-state index in [1.807, 2.05) is 6.20 Å². The second-order valence-electron chi connectivity index (χ2n) is 4.49. The van der Waals surface area contributed by atoms with Gasteiger partial charge in [-0.1, -0.05) is 20.8 Å². The van der Waals surface area contributed by atoms with Crippen LogP contribution in [0, 0.1) is 5.92 Å². The summed E-state index contributed by atoms with van der Waals surface area (Å²) in [6.07, 6.45) is 3.54. The second kappa shape index (κ2) is 6.99. The number of aryl methyl sites for hydroxylation is 1. The average molecular weight is 242 g/mol. The summed E-state index contributed by atoms with van der Waals surface area (Å²) in [7, 11) is 0. The highest BCUT2D eigenvalue weighted by Gasteiger charge is 2.06. The van der Waals surface area contributed by atoms with Crippen LogP contribution in [0.25, 0.3) is 0 Å². The molecule has 0 saturated heterocycles. The van der Waals surface area contributed by atoms with Crippen molar-refractivity contribution in [3.8, 4) is 0 Å². The van der Waals surface area contributed by atoms with Gasteiger partial charge in [-0.2, -0.15) is 0 Å². The van der Waals surface area contributed by atoms with E-state index in [4.69, 9.17) is 0 Å². The zero-order valence-electron chi connectivity index (χ0n) is 10.4. The molecule has 0 saturated carbocycles. The van der Waals surface area contributed by atoms with Crippen LogP contribution in [0.3, 0.4) is 0 Å². The lowest BCUT2D eigenvalue weighted by atomic mass is 10.1. The third-order valence-electron chi connectivity index (χ3n) is 2.33. The van der Waals surface area contributed by atoms with Gasteiger partial charge in [-0.25, -0.2) is 4.98 Å². The van der Waals surface area contributed by atoms with Gasteiger partial charge in [0.15, 0.2) is 0 Å². The number of rotatable bonds is 7. The van der Waals surface area contributed by atoms with Crippen molar-refractivity contribution in [1.29, 1.82) is 0 Å². The number of aliphatic hydroxyl groups excluding tert-OH is 1. The van der Waals surface area contributed by atoms with E-state index in [0.29, 0.717) is 12.5 Å². The Kier molecular flexibility index (Phi) is 5.95. The Bertz CT molecular complexity index is 299. The third kappa shape index (κ3) is 5.05. The van der Waals surface area contributed by atoms with Crippen LogP contribution in [-0.2, 0) is 13.0 Å². The van der Waals surface area contributed by atoms with E-state index >= 15 is 0 Å². The number of aromatic nitrogens is 1. The Balaban J connectivity index is 2.19. The van der Waals surface area contributed by atoms with E-state index in [0.717, 1.165) is 19.4 Å². The minimum Gasteiger partial charge on any atom is -0.392 e. The first-order chi connectivity index (χ1) is 7.61. The summed E-state index contributed by atoms with van der Waals surface area (Å²) in [6.45, 7) is 7.84. The average Bonchev–Trinajstić information content (AvgIpc) is 2.64. The molecule has 1 aromatic heterocycles. The van der Waals surface area contributed by atoms with Crippen molar-refractivity contribution >= 4 is 11.3 Å². The van der Waals surface area contributed by atoms with Crippen LogP contribution in [0.4, 0.5) is 0 Å². The largest absolute Gasteiger partial charge is 0.392 e. The Morgan fingerprint density at radius 2 is 2.25 bits per heavy atom. The summed E-state index contributed by atoms with van der Waals surface area (Å²) >= 11 is 1.74. The molecule has 0 fully saturated rings. The number of aliphatic hydroxyl groups is 1. The van der Waals surface area contributed by atoms with Gasteiger partial charge in [-0.15, -0.1) is 11.3 Å². The normalized spacial score (nSPS) is 13.3. The first-order valence-corrected chi connectivity index (χ1v) is 6.75. The van der Waals surface area contributed by atoms with Crippen molar-refractivity contribution in [2.24, 2.45) is 5.92 Å². The zero-order chi connectivity index (χ0) is 12.0. The quantitative estimate of drug-likeness (QED) is 0.770. The molecule has 0 aliphatic heterocycles. The first kappa shape index (κ1) is 13.6. The number of thiazole rings is 1. The molecule has 1 unspecified atom stereocenters. The van der Waals surface area contributed by atoms with Gasteiger partial charge >= 0.3 is 0 Å². The van der Waals surface area contributed by atoms with Gasteiger partial charge in [0.1, 0.15) is 0 Å². The lowest BCUT2D eigenvalue weighted by Crippen LogP contribution is -2.27. The van der Waals surface area contributed by atoms with Crippen molar-refractivity contribution in [3.05, 3.63) is 16.1 Å². The lowest BCUT2D eigenvalue weighted by molar-refractivity contribution is 0.146. The van der Waals surface area contributed by atoms with Crippen LogP contribution in [0.2, 0.25) is 0 Å². The van der Waals surface area contributed by atoms with Gasteiger partial charge in [0.25, 0.3) is 0 Å². The van der Waals surface area contributed by atoms with Gasteiger partial charge in [0.05, 0.1) is 11.1 Å². The maximum atomic E-state index is 9.67. The van der Waals surface area contributed by atoms with Gasteiger partial charge in [0, 0.05) is 24.2 Å². The van der Waals surface area contributed by atoms with Crippen molar-refractivity contribution in [3.63, 3.8) is 0 Å². The van der Waals surface area contributed by atoms with Crippen LogP contribution in [-0.4, -0.2) is 22.7 Å². The third-order valence-corrected chi connectivity index (χ3v) is 3.47. The van der Waals surface area contributed by atoms with Gasteiger partial charge in [0.2, 0.25) is 0 Å². The summed E-state index contributed by atoms with van der Waals surface area (Å²) in [5.41, 5.74) is 0. The van der Waals surface area contributed by atoms with Gasteiger partial charge < -0.3 is 10.4 Å². The fraction of sp³-hybridized carbons (Fsp3) is 0.750. The minimum atomic E-state index is -0.237. The van der Waals surface area contributed by atoms with Crippen molar-refractivity contribution in [2.45, 2.75) is 46.3 Å². The lowest BCUT2D eigenvalue weighted by Gasteiger charge is -2.13. The summed E-state index contributed by atoms with van der Waals surface area (Å²) < 4.78 is 0. The molecule has 3 nitrogen and oxygen atoms in total. The summed E-state index contributed by atoms with van der Waals surface area (Å²) in [5, 5.41) is 14.1. The predicted octanol–water partition coefficient (Wildman–Crippen LogP) is 2.20.